The fourth-order valence-electron chi connectivity index (χ4n) is 5.35. The van der Waals surface area contributed by atoms with E-state index in [1.54, 1.807) is 18.2 Å². The molecule has 0 aliphatic heterocycles. The molecule has 1 heterocycles. The second kappa shape index (κ2) is 11.2. The molecule has 39 heavy (non-hydrogen) atoms. The summed E-state index contributed by atoms with van der Waals surface area (Å²) in [4.78, 5) is 24.6. The molecule has 10 heteroatoms. The number of sulfonamides is 1. The largest absolute Gasteiger partial charge is 0.507 e. The zero-order chi connectivity index (χ0) is 27.6. The van der Waals surface area contributed by atoms with Crippen LogP contribution in [-0.4, -0.2) is 31.1 Å². The van der Waals surface area contributed by atoms with Crippen LogP contribution >= 0.6 is 0 Å². The summed E-state index contributed by atoms with van der Waals surface area (Å²) in [5, 5.41) is 22.7. The SMILES string of the molecule is O=C(CO)Nc1cccc(S(=O)(=O)Nc2cccc(C(c3c(O)c4c(oc3=O)CCCCCC4)C3CC3)c2)c1. The Labute approximate surface area is 226 Å². The summed E-state index contributed by atoms with van der Waals surface area (Å²) >= 11 is 0. The standard InChI is InChI=1S/C29H32N2O7S/c32-17-25(33)30-20-8-6-10-22(16-20)39(36,37)31-21-9-5-7-19(15-21)26(18-13-14-18)27-28(34)23-11-3-1-2-4-12-24(23)38-29(27)35/h5-10,15-16,18,26,31-32,34H,1-4,11-14,17H2,(H,30,33). The van der Waals surface area contributed by atoms with Crippen molar-refractivity contribution in [1.29, 1.82) is 0 Å². The number of aliphatic hydroxyl groups excluding tert-OH is 1. The number of amides is 1. The van der Waals surface area contributed by atoms with Gasteiger partial charge in [-0.15, -0.1) is 0 Å². The highest BCUT2D eigenvalue weighted by Crippen LogP contribution is 2.49. The van der Waals surface area contributed by atoms with Gasteiger partial charge in [0.25, 0.3) is 10.0 Å². The minimum absolute atomic E-state index is 0.0211. The lowest BCUT2D eigenvalue weighted by molar-refractivity contribution is -0.118. The Hall–Kier alpha value is -3.63. The number of hydrogen-bond donors (Lipinski definition) is 4. The molecule has 0 saturated heterocycles. The van der Waals surface area contributed by atoms with Crippen molar-refractivity contribution in [3.05, 3.63) is 81.4 Å². The molecule has 2 aliphatic rings. The van der Waals surface area contributed by atoms with Crippen LogP contribution in [0.4, 0.5) is 11.4 Å². The van der Waals surface area contributed by atoms with Crippen LogP contribution < -0.4 is 15.7 Å². The number of aryl methyl sites for hydroxylation is 1. The Morgan fingerprint density at radius 1 is 1.00 bits per heavy atom. The number of nitrogens with one attached hydrogen (secondary N) is 2. The van der Waals surface area contributed by atoms with Crippen molar-refractivity contribution in [3.8, 4) is 5.75 Å². The van der Waals surface area contributed by atoms with Crippen LogP contribution in [-0.2, 0) is 27.7 Å². The van der Waals surface area contributed by atoms with Crippen molar-refractivity contribution in [2.24, 2.45) is 5.92 Å². The summed E-state index contributed by atoms with van der Waals surface area (Å²) < 4.78 is 34.7. The summed E-state index contributed by atoms with van der Waals surface area (Å²) in [7, 11) is -4.02. The first-order valence-corrected chi connectivity index (χ1v) is 14.8. The molecule has 1 atom stereocenters. The van der Waals surface area contributed by atoms with Crippen LogP contribution in [0.3, 0.4) is 0 Å². The number of fused-ring (bicyclic) bond motifs is 1. The summed E-state index contributed by atoms with van der Waals surface area (Å²) in [6, 6.07) is 12.6. The molecule has 3 aromatic rings. The lowest BCUT2D eigenvalue weighted by Gasteiger charge is -2.22. The fraction of sp³-hybridized carbons (Fsp3) is 0.379. The average molecular weight is 553 g/mol. The van der Waals surface area contributed by atoms with Crippen molar-refractivity contribution < 1.29 is 27.8 Å². The van der Waals surface area contributed by atoms with Gasteiger partial charge in [-0.05, 0) is 73.9 Å². The van der Waals surface area contributed by atoms with Crippen molar-refractivity contribution in [3.63, 3.8) is 0 Å². The molecule has 1 aromatic heterocycles. The van der Waals surface area contributed by atoms with Gasteiger partial charge in [-0.2, -0.15) is 0 Å². The maximum atomic E-state index is 13.2. The van der Waals surface area contributed by atoms with E-state index >= 15 is 0 Å². The van der Waals surface area contributed by atoms with Crippen LogP contribution in [0.5, 0.6) is 5.75 Å². The first-order chi connectivity index (χ1) is 18.8. The number of hydrogen-bond acceptors (Lipinski definition) is 7. The Morgan fingerprint density at radius 3 is 2.46 bits per heavy atom. The molecule has 2 aromatic carbocycles. The molecular formula is C29H32N2O7S. The maximum absolute atomic E-state index is 13.2. The second-order valence-electron chi connectivity index (χ2n) is 10.2. The van der Waals surface area contributed by atoms with Gasteiger partial charge in [0.15, 0.2) is 0 Å². The van der Waals surface area contributed by atoms with E-state index in [2.05, 4.69) is 10.0 Å². The van der Waals surface area contributed by atoms with E-state index in [4.69, 9.17) is 9.52 Å². The molecule has 0 spiro atoms. The molecule has 1 amide bonds. The van der Waals surface area contributed by atoms with Crippen LogP contribution in [0.1, 0.15) is 66.9 Å². The van der Waals surface area contributed by atoms with E-state index in [1.807, 2.05) is 6.07 Å². The summed E-state index contributed by atoms with van der Waals surface area (Å²) in [6.45, 7) is -0.720. The third kappa shape index (κ3) is 6.02. The maximum Gasteiger partial charge on any atom is 0.343 e. The number of carbonyl (C=O) groups is 1. The molecule has 1 saturated carbocycles. The number of anilines is 2. The molecule has 206 valence electrons. The van der Waals surface area contributed by atoms with Crippen molar-refractivity contribution in [2.75, 3.05) is 16.6 Å². The van der Waals surface area contributed by atoms with Crippen LogP contribution in [0, 0.1) is 5.92 Å². The lowest BCUT2D eigenvalue weighted by atomic mass is 9.85. The van der Waals surface area contributed by atoms with Gasteiger partial charge in [-0.1, -0.05) is 31.0 Å². The summed E-state index contributed by atoms with van der Waals surface area (Å²) in [5.74, 6) is -0.331. The number of benzene rings is 2. The minimum atomic E-state index is -4.02. The first-order valence-electron chi connectivity index (χ1n) is 13.3. The Kier molecular flexibility index (Phi) is 7.76. The van der Waals surface area contributed by atoms with Crippen LogP contribution in [0.15, 0.2) is 62.6 Å². The third-order valence-electron chi connectivity index (χ3n) is 7.37. The van der Waals surface area contributed by atoms with Crippen molar-refractivity contribution >= 4 is 27.3 Å². The molecule has 1 unspecified atom stereocenters. The molecule has 1 fully saturated rings. The number of carbonyl (C=O) groups excluding carboxylic acids is 1. The van der Waals surface area contributed by atoms with Crippen molar-refractivity contribution in [2.45, 2.75) is 62.2 Å². The van der Waals surface area contributed by atoms with Gasteiger partial charge in [-0.3, -0.25) is 9.52 Å². The molecule has 2 aliphatic carbocycles. The Bertz CT molecular complexity index is 1540. The van der Waals surface area contributed by atoms with Crippen LogP contribution in [0.2, 0.25) is 0 Å². The van der Waals surface area contributed by atoms with Gasteiger partial charge >= 0.3 is 5.63 Å². The number of aromatic hydroxyl groups is 1. The van der Waals surface area contributed by atoms with Gasteiger partial charge < -0.3 is 19.9 Å². The van der Waals surface area contributed by atoms with Gasteiger partial charge in [-0.25, -0.2) is 13.2 Å². The average Bonchev–Trinajstić information content (AvgIpc) is 3.73. The van der Waals surface area contributed by atoms with Gasteiger partial charge in [0, 0.05) is 29.3 Å². The highest BCUT2D eigenvalue weighted by molar-refractivity contribution is 7.92. The zero-order valence-corrected chi connectivity index (χ0v) is 22.3. The molecule has 0 radical (unpaired) electrons. The van der Waals surface area contributed by atoms with Gasteiger partial charge in [0.2, 0.25) is 5.91 Å². The quantitative estimate of drug-likeness (QED) is 0.326. The van der Waals surface area contributed by atoms with Crippen molar-refractivity contribution in [1.82, 2.24) is 0 Å². The van der Waals surface area contributed by atoms with E-state index in [-0.39, 0.29) is 27.8 Å². The third-order valence-corrected chi connectivity index (χ3v) is 8.75. The second-order valence-corrected chi connectivity index (χ2v) is 11.9. The molecule has 9 nitrogen and oxygen atoms in total. The molecule has 5 rings (SSSR count). The van der Waals surface area contributed by atoms with Crippen LogP contribution in [0.25, 0.3) is 0 Å². The van der Waals surface area contributed by atoms with E-state index < -0.39 is 34.1 Å². The predicted octanol–water partition coefficient (Wildman–Crippen LogP) is 4.28. The molecule has 4 N–H and O–H groups in total. The highest BCUT2D eigenvalue weighted by Gasteiger charge is 2.38. The van der Waals surface area contributed by atoms with Gasteiger partial charge in [0.1, 0.15) is 18.1 Å². The topological polar surface area (TPSA) is 146 Å². The zero-order valence-electron chi connectivity index (χ0n) is 21.5. The normalized spacial score (nSPS) is 16.4. The monoisotopic (exact) mass is 552 g/mol. The highest BCUT2D eigenvalue weighted by atomic mass is 32.2. The Morgan fingerprint density at radius 2 is 1.72 bits per heavy atom. The van der Waals surface area contributed by atoms with E-state index in [0.29, 0.717) is 24.3 Å². The fourth-order valence-corrected chi connectivity index (χ4v) is 6.44. The van der Waals surface area contributed by atoms with Gasteiger partial charge in [0.05, 0.1) is 10.5 Å². The smallest absolute Gasteiger partial charge is 0.343 e. The van der Waals surface area contributed by atoms with E-state index in [9.17, 15) is 23.1 Å². The minimum Gasteiger partial charge on any atom is -0.507 e. The predicted molar refractivity (Wildman–Crippen MR) is 146 cm³/mol. The lowest BCUT2D eigenvalue weighted by Crippen LogP contribution is -2.19. The molecule has 0 bridgehead atoms. The summed E-state index contributed by atoms with van der Waals surface area (Å²) in [6.07, 6.45) is 7.05. The van der Waals surface area contributed by atoms with E-state index in [0.717, 1.165) is 49.7 Å². The summed E-state index contributed by atoms with van der Waals surface area (Å²) in [5.41, 5.74) is 1.70. The number of rotatable bonds is 8. The molecular weight excluding hydrogens is 520 g/mol. The first kappa shape index (κ1) is 27.0. The number of aliphatic hydroxyl groups is 1. The van der Waals surface area contributed by atoms with E-state index in [1.165, 1.54) is 24.3 Å². The Balaban J connectivity index is 1.47.